The number of nitrogens with one attached hydrogen (secondary N) is 1. The molecule has 0 aliphatic heterocycles. The van der Waals surface area contributed by atoms with Crippen molar-refractivity contribution in [1.82, 2.24) is 4.98 Å². The maximum absolute atomic E-state index is 12.2. The lowest BCUT2D eigenvalue weighted by Crippen LogP contribution is -2.10. The first-order valence-electron chi connectivity index (χ1n) is 7.11. The first-order chi connectivity index (χ1) is 10.7. The third kappa shape index (κ3) is 3.13. The van der Waals surface area contributed by atoms with E-state index in [1.54, 1.807) is 11.3 Å². The predicted molar refractivity (Wildman–Crippen MR) is 92.4 cm³/mol. The molecule has 3 rings (SSSR count). The predicted octanol–water partition coefficient (Wildman–Crippen LogP) is 4.57. The third-order valence-corrected chi connectivity index (χ3v) is 5.17. The van der Waals surface area contributed by atoms with E-state index in [2.05, 4.69) is 17.2 Å². The van der Waals surface area contributed by atoms with E-state index >= 15 is 0 Å². The monoisotopic (exact) mass is 332 g/mol. The standard InChI is InChI=1S/C16H16N2O2S2/c1-3-12-7-10(9-21-12)15(19)18-16-17-13-6-5-11(20-4-2)8-14(13)22-16/h5-9H,3-4H2,1-2H3,(H,17,18,19). The van der Waals surface area contributed by atoms with Crippen molar-refractivity contribution in [2.24, 2.45) is 0 Å². The van der Waals surface area contributed by atoms with E-state index in [1.165, 1.54) is 16.2 Å². The number of anilines is 1. The summed E-state index contributed by atoms with van der Waals surface area (Å²) in [5.74, 6) is 0.710. The molecule has 0 fully saturated rings. The van der Waals surface area contributed by atoms with Gasteiger partial charge in [0.2, 0.25) is 0 Å². The lowest BCUT2D eigenvalue weighted by Gasteiger charge is -2.00. The van der Waals surface area contributed by atoms with E-state index < -0.39 is 0 Å². The fourth-order valence-corrected chi connectivity index (χ4v) is 3.77. The van der Waals surface area contributed by atoms with Crippen LogP contribution in [-0.4, -0.2) is 17.5 Å². The minimum Gasteiger partial charge on any atom is -0.494 e. The number of ether oxygens (including phenoxy) is 1. The van der Waals surface area contributed by atoms with Crippen molar-refractivity contribution in [3.8, 4) is 5.75 Å². The number of fused-ring (bicyclic) bond motifs is 1. The quantitative estimate of drug-likeness (QED) is 0.744. The van der Waals surface area contributed by atoms with Crippen molar-refractivity contribution in [3.05, 3.63) is 40.1 Å². The highest BCUT2D eigenvalue weighted by Gasteiger charge is 2.12. The van der Waals surface area contributed by atoms with E-state index in [0.29, 0.717) is 17.3 Å². The maximum atomic E-state index is 12.2. The molecule has 2 aromatic heterocycles. The van der Waals surface area contributed by atoms with Gasteiger partial charge < -0.3 is 4.74 Å². The van der Waals surface area contributed by atoms with Crippen LogP contribution < -0.4 is 10.1 Å². The number of nitrogens with zero attached hydrogens (tertiary/aromatic N) is 1. The Kier molecular flexibility index (Phi) is 4.40. The molecular weight excluding hydrogens is 316 g/mol. The summed E-state index contributed by atoms with van der Waals surface area (Å²) in [6.45, 7) is 4.66. The van der Waals surface area contributed by atoms with Crippen LogP contribution in [0, 0.1) is 0 Å². The Hall–Kier alpha value is -1.92. The van der Waals surface area contributed by atoms with Crippen LogP contribution in [0.2, 0.25) is 0 Å². The van der Waals surface area contributed by atoms with Gasteiger partial charge in [-0.3, -0.25) is 10.1 Å². The summed E-state index contributed by atoms with van der Waals surface area (Å²) in [5, 5.41) is 5.36. The van der Waals surface area contributed by atoms with Crippen molar-refractivity contribution >= 4 is 43.9 Å². The Labute approximate surface area is 136 Å². The Balaban J connectivity index is 1.79. The number of amides is 1. The van der Waals surface area contributed by atoms with Crippen molar-refractivity contribution in [1.29, 1.82) is 0 Å². The van der Waals surface area contributed by atoms with Gasteiger partial charge in [0.25, 0.3) is 5.91 Å². The molecular formula is C16H16N2O2S2. The largest absolute Gasteiger partial charge is 0.494 e. The lowest BCUT2D eigenvalue weighted by molar-refractivity contribution is 0.102. The van der Waals surface area contributed by atoms with E-state index in [1.807, 2.05) is 36.6 Å². The molecule has 1 aromatic carbocycles. The second-order valence-electron chi connectivity index (χ2n) is 4.69. The summed E-state index contributed by atoms with van der Waals surface area (Å²) >= 11 is 3.06. The molecule has 3 aromatic rings. The highest BCUT2D eigenvalue weighted by molar-refractivity contribution is 7.22. The van der Waals surface area contributed by atoms with Crippen LogP contribution >= 0.6 is 22.7 Å². The Morgan fingerprint density at radius 2 is 2.18 bits per heavy atom. The summed E-state index contributed by atoms with van der Waals surface area (Å²) in [5.41, 5.74) is 1.56. The molecule has 114 valence electrons. The Bertz CT molecular complexity index is 807. The van der Waals surface area contributed by atoms with Gasteiger partial charge in [0, 0.05) is 10.3 Å². The zero-order valence-electron chi connectivity index (χ0n) is 12.4. The number of thiazole rings is 1. The number of hydrogen-bond acceptors (Lipinski definition) is 5. The molecule has 0 unspecified atom stereocenters. The van der Waals surface area contributed by atoms with Gasteiger partial charge in [-0.2, -0.15) is 0 Å². The number of aryl methyl sites for hydroxylation is 1. The van der Waals surface area contributed by atoms with Gasteiger partial charge in [-0.15, -0.1) is 11.3 Å². The van der Waals surface area contributed by atoms with Crippen LogP contribution in [0.1, 0.15) is 29.1 Å². The zero-order chi connectivity index (χ0) is 15.5. The van der Waals surface area contributed by atoms with Gasteiger partial charge in [0.05, 0.1) is 22.4 Å². The molecule has 0 radical (unpaired) electrons. The topological polar surface area (TPSA) is 51.2 Å². The van der Waals surface area contributed by atoms with Gasteiger partial charge in [-0.25, -0.2) is 4.98 Å². The normalized spacial score (nSPS) is 10.8. The summed E-state index contributed by atoms with van der Waals surface area (Å²) in [6.07, 6.45) is 0.944. The molecule has 0 bridgehead atoms. The maximum Gasteiger partial charge on any atom is 0.258 e. The van der Waals surface area contributed by atoms with Crippen molar-refractivity contribution in [2.45, 2.75) is 20.3 Å². The average Bonchev–Trinajstić information content (AvgIpc) is 3.12. The first-order valence-corrected chi connectivity index (χ1v) is 8.81. The number of carbonyl (C=O) groups is 1. The van der Waals surface area contributed by atoms with Gasteiger partial charge in [0.1, 0.15) is 5.75 Å². The van der Waals surface area contributed by atoms with Crippen LogP contribution in [0.5, 0.6) is 5.75 Å². The van der Waals surface area contributed by atoms with Gasteiger partial charge in [-0.1, -0.05) is 18.3 Å². The van der Waals surface area contributed by atoms with Crippen molar-refractivity contribution < 1.29 is 9.53 Å². The molecule has 4 nitrogen and oxygen atoms in total. The molecule has 0 saturated heterocycles. The van der Waals surface area contributed by atoms with Crippen LogP contribution in [0.4, 0.5) is 5.13 Å². The second-order valence-corrected chi connectivity index (χ2v) is 6.72. The number of benzene rings is 1. The van der Waals surface area contributed by atoms with Gasteiger partial charge >= 0.3 is 0 Å². The SMILES string of the molecule is CCOc1ccc2nc(NC(=O)c3csc(CC)c3)sc2c1. The minimum absolute atomic E-state index is 0.111. The molecule has 1 amide bonds. The highest BCUT2D eigenvalue weighted by Crippen LogP contribution is 2.29. The Morgan fingerprint density at radius 3 is 2.91 bits per heavy atom. The average molecular weight is 332 g/mol. The van der Waals surface area contributed by atoms with Crippen LogP contribution in [-0.2, 0) is 6.42 Å². The molecule has 1 N–H and O–H groups in total. The fourth-order valence-electron chi connectivity index (χ4n) is 2.07. The molecule has 0 aliphatic rings. The zero-order valence-corrected chi connectivity index (χ0v) is 14.0. The van der Waals surface area contributed by atoms with Crippen molar-refractivity contribution in [2.75, 3.05) is 11.9 Å². The summed E-state index contributed by atoms with van der Waals surface area (Å²) < 4.78 is 6.48. The molecule has 0 aliphatic carbocycles. The van der Waals surface area contributed by atoms with E-state index in [4.69, 9.17) is 4.74 Å². The number of aromatic nitrogens is 1. The molecule has 6 heteroatoms. The summed E-state index contributed by atoms with van der Waals surface area (Å²) in [4.78, 5) is 17.9. The van der Waals surface area contributed by atoms with E-state index in [0.717, 1.165) is 22.4 Å². The van der Waals surface area contributed by atoms with Crippen LogP contribution in [0.3, 0.4) is 0 Å². The molecule has 22 heavy (non-hydrogen) atoms. The second kappa shape index (κ2) is 6.46. The van der Waals surface area contributed by atoms with Crippen LogP contribution in [0.25, 0.3) is 10.2 Å². The molecule has 0 atom stereocenters. The molecule has 2 heterocycles. The van der Waals surface area contributed by atoms with Gasteiger partial charge in [0.15, 0.2) is 5.13 Å². The number of thiophene rings is 1. The Morgan fingerprint density at radius 1 is 1.32 bits per heavy atom. The molecule has 0 spiro atoms. The summed E-state index contributed by atoms with van der Waals surface area (Å²) in [6, 6.07) is 7.68. The molecule has 0 saturated carbocycles. The number of hydrogen-bond donors (Lipinski definition) is 1. The third-order valence-electron chi connectivity index (χ3n) is 3.16. The number of carbonyl (C=O) groups excluding carboxylic acids is 1. The minimum atomic E-state index is -0.111. The fraction of sp³-hybridized carbons (Fsp3) is 0.250. The van der Waals surface area contributed by atoms with E-state index in [9.17, 15) is 4.79 Å². The lowest BCUT2D eigenvalue weighted by atomic mass is 10.3. The van der Waals surface area contributed by atoms with Crippen LogP contribution in [0.15, 0.2) is 29.6 Å². The number of rotatable bonds is 5. The van der Waals surface area contributed by atoms with Gasteiger partial charge in [-0.05, 0) is 37.6 Å². The highest BCUT2D eigenvalue weighted by atomic mass is 32.1. The smallest absolute Gasteiger partial charge is 0.258 e. The van der Waals surface area contributed by atoms with Crippen molar-refractivity contribution in [3.63, 3.8) is 0 Å². The summed E-state index contributed by atoms with van der Waals surface area (Å²) in [7, 11) is 0. The first kappa shape index (κ1) is 15.0. The van der Waals surface area contributed by atoms with E-state index in [-0.39, 0.29) is 5.91 Å².